The summed E-state index contributed by atoms with van der Waals surface area (Å²) in [5, 5.41) is 16.2. The van der Waals surface area contributed by atoms with Gasteiger partial charge in [0.25, 0.3) is 17.4 Å². The molecule has 2 rings (SSSR count). The van der Waals surface area contributed by atoms with Crippen molar-refractivity contribution in [1.29, 1.82) is 0 Å². The van der Waals surface area contributed by atoms with Crippen LogP contribution in [0.2, 0.25) is 0 Å². The first kappa shape index (κ1) is 18.5. The lowest BCUT2D eigenvalue weighted by molar-refractivity contribution is -0.386. The van der Waals surface area contributed by atoms with Gasteiger partial charge in [-0.1, -0.05) is 5.16 Å². The van der Waals surface area contributed by atoms with Gasteiger partial charge in [0, 0.05) is 6.92 Å². The molecule has 1 aromatic rings. The molecule has 1 aromatic carbocycles. The van der Waals surface area contributed by atoms with Crippen LogP contribution in [0.4, 0.5) is 24.5 Å². The number of hydrogen-bond donors (Lipinski definition) is 1. The van der Waals surface area contributed by atoms with Gasteiger partial charge in [-0.05, 0) is 22.0 Å². The molecule has 1 N–H and O–H groups in total. The molecule has 1 heterocycles. The molecule has 0 aromatic heterocycles. The van der Waals surface area contributed by atoms with Crippen molar-refractivity contribution < 1.29 is 37.3 Å². The minimum absolute atomic E-state index is 0.403. The van der Waals surface area contributed by atoms with Crippen LogP contribution in [0.25, 0.3) is 0 Å². The van der Waals surface area contributed by atoms with E-state index >= 15 is 0 Å². The number of benzene rings is 1. The molecule has 1 aliphatic rings. The number of alkyl halides is 3. The Morgan fingerprint density at radius 2 is 2.00 bits per heavy atom. The highest BCUT2D eigenvalue weighted by Crippen LogP contribution is 2.45. The van der Waals surface area contributed by atoms with Crippen molar-refractivity contribution in [1.82, 2.24) is 0 Å². The minimum Gasteiger partial charge on any atom is -0.318 e. The van der Waals surface area contributed by atoms with Crippen LogP contribution in [0, 0.1) is 10.1 Å². The molecule has 0 aliphatic carbocycles. The first-order valence-electron chi connectivity index (χ1n) is 6.14. The zero-order valence-electron chi connectivity index (χ0n) is 11.9. The third-order valence-electron chi connectivity index (χ3n) is 2.90. The Bertz CT molecular complexity index is 865. The zero-order chi connectivity index (χ0) is 19.1. The molecule has 0 saturated heterocycles. The molecule has 0 radical (unpaired) electrons. The summed E-state index contributed by atoms with van der Waals surface area (Å²) in [5.41, 5.74) is -4.95. The number of ketones is 1. The zero-order valence-corrected chi connectivity index (χ0v) is 13.5. The number of oxime groups is 1. The van der Waals surface area contributed by atoms with Crippen LogP contribution in [0.3, 0.4) is 0 Å². The number of halogens is 4. The number of Topliss-reactive ketones (excluding diaryl/α,β-unsaturated/α-hetero) is 1. The van der Waals surface area contributed by atoms with Crippen molar-refractivity contribution in [3.63, 3.8) is 0 Å². The average molecular weight is 424 g/mol. The third kappa shape index (κ3) is 3.35. The van der Waals surface area contributed by atoms with Crippen LogP contribution in [-0.4, -0.2) is 28.3 Å². The predicted octanol–water partition coefficient (Wildman–Crippen LogP) is 2.16. The fraction of sp³-hybridized carbons (Fsp3) is 0.167. The highest BCUT2D eigenvalue weighted by molar-refractivity contribution is 9.10. The SMILES string of the molecule is CC(=O)ON=C1C(=O)C(=O)Nc2cc(C(F)(F)F)c(Br)c([N+](=O)[O-])c21. The van der Waals surface area contributed by atoms with Crippen molar-refractivity contribution in [3.05, 3.63) is 31.8 Å². The van der Waals surface area contributed by atoms with E-state index < -0.39 is 61.4 Å². The van der Waals surface area contributed by atoms with Crippen molar-refractivity contribution in [2.24, 2.45) is 5.16 Å². The number of carbonyl (C=O) groups is 3. The topological polar surface area (TPSA) is 128 Å². The molecule has 0 atom stereocenters. The summed E-state index contributed by atoms with van der Waals surface area (Å²) in [6.07, 6.45) is -4.99. The highest BCUT2D eigenvalue weighted by Gasteiger charge is 2.44. The normalized spacial score (nSPS) is 15.6. The van der Waals surface area contributed by atoms with Crippen molar-refractivity contribution in [3.8, 4) is 0 Å². The Labute approximate surface area is 144 Å². The molecule has 0 saturated carbocycles. The van der Waals surface area contributed by atoms with E-state index in [-0.39, 0.29) is 0 Å². The Kier molecular flexibility index (Phi) is 4.61. The lowest BCUT2D eigenvalue weighted by Gasteiger charge is -2.20. The molecule has 0 bridgehead atoms. The fourth-order valence-electron chi connectivity index (χ4n) is 1.96. The largest absolute Gasteiger partial charge is 0.417 e. The summed E-state index contributed by atoms with van der Waals surface area (Å²) in [4.78, 5) is 48.6. The second-order valence-electron chi connectivity index (χ2n) is 4.57. The number of fused-ring (bicyclic) bond motifs is 1. The van der Waals surface area contributed by atoms with Gasteiger partial charge < -0.3 is 10.2 Å². The maximum Gasteiger partial charge on any atom is 0.417 e. The smallest absolute Gasteiger partial charge is 0.318 e. The second-order valence-corrected chi connectivity index (χ2v) is 5.36. The van der Waals surface area contributed by atoms with E-state index in [9.17, 15) is 37.7 Å². The molecule has 0 unspecified atom stereocenters. The monoisotopic (exact) mass is 423 g/mol. The Hall–Kier alpha value is -2.83. The van der Waals surface area contributed by atoms with Gasteiger partial charge in [0.15, 0.2) is 5.71 Å². The first-order chi connectivity index (χ1) is 11.4. The number of rotatable bonds is 2. The van der Waals surface area contributed by atoms with Crippen LogP contribution >= 0.6 is 15.9 Å². The lowest BCUT2D eigenvalue weighted by Crippen LogP contribution is -2.37. The fourth-order valence-corrected chi connectivity index (χ4v) is 2.64. The summed E-state index contributed by atoms with van der Waals surface area (Å²) in [6.45, 7) is 0.898. The maximum absolute atomic E-state index is 13.1. The van der Waals surface area contributed by atoms with Gasteiger partial charge in [-0.15, -0.1) is 0 Å². The van der Waals surface area contributed by atoms with E-state index in [1.807, 2.05) is 5.32 Å². The van der Waals surface area contributed by atoms with Gasteiger partial charge in [0.05, 0.1) is 16.2 Å². The molecule has 132 valence electrons. The third-order valence-corrected chi connectivity index (χ3v) is 3.70. The summed E-state index contributed by atoms with van der Waals surface area (Å²) in [6, 6.07) is 0.403. The quantitative estimate of drug-likeness (QED) is 0.336. The van der Waals surface area contributed by atoms with Gasteiger partial charge >= 0.3 is 12.1 Å². The van der Waals surface area contributed by atoms with Crippen LogP contribution in [0.1, 0.15) is 18.1 Å². The number of amides is 1. The van der Waals surface area contributed by atoms with E-state index in [1.165, 1.54) is 0 Å². The van der Waals surface area contributed by atoms with Crippen LogP contribution in [0.15, 0.2) is 15.7 Å². The summed E-state index contributed by atoms with van der Waals surface area (Å²) >= 11 is 2.49. The number of nitro benzene ring substituents is 1. The van der Waals surface area contributed by atoms with Gasteiger partial charge in [-0.3, -0.25) is 19.7 Å². The lowest BCUT2D eigenvalue weighted by atomic mass is 9.95. The summed E-state index contributed by atoms with van der Waals surface area (Å²) in [5.74, 6) is -3.81. The summed E-state index contributed by atoms with van der Waals surface area (Å²) in [7, 11) is 0. The highest BCUT2D eigenvalue weighted by atomic mass is 79.9. The van der Waals surface area contributed by atoms with E-state index in [0.29, 0.717) is 6.07 Å². The molecule has 1 amide bonds. The van der Waals surface area contributed by atoms with Crippen molar-refractivity contribution >= 4 is 50.7 Å². The molecule has 1 aliphatic heterocycles. The minimum atomic E-state index is -4.99. The van der Waals surface area contributed by atoms with E-state index in [2.05, 4.69) is 25.9 Å². The molecule has 13 heteroatoms. The average Bonchev–Trinajstić information content (AvgIpc) is 2.46. The molecule has 9 nitrogen and oxygen atoms in total. The van der Waals surface area contributed by atoms with Crippen LogP contribution in [0.5, 0.6) is 0 Å². The summed E-state index contributed by atoms with van der Waals surface area (Å²) < 4.78 is 38.2. The Morgan fingerprint density at radius 3 is 2.48 bits per heavy atom. The predicted molar refractivity (Wildman–Crippen MR) is 77.7 cm³/mol. The number of nitrogens with zero attached hydrogens (tertiary/aromatic N) is 2. The first-order valence-corrected chi connectivity index (χ1v) is 6.94. The van der Waals surface area contributed by atoms with Gasteiger partial charge in [-0.2, -0.15) is 13.2 Å². The number of nitrogens with one attached hydrogen (secondary N) is 1. The number of nitro groups is 1. The van der Waals surface area contributed by atoms with Gasteiger partial charge in [-0.25, -0.2) is 4.79 Å². The van der Waals surface area contributed by atoms with E-state index in [0.717, 1.165) is 6.92 Å². The van der Waals surface area contributed by atoms with Crippen LogP contribution < -0.4 is 5.32 Å². The van der Waals surface area contributed by atoms with E-state index in [1.54, 1.807) is 0 Å². The second kappa shape index (κ2) is 6.23. The number of anilines is 1. The van der Waals surface area contributed by atoms with Gasteiger partial charge in [0.1, 0.15) is 10.0 Å². The molecular weight excluding hydrogens is 419 g/mol. The molecular formula is C12H5BrF3N3O6. The molecule has 0 fully saturated rings. The Morgan fingerprint density at radius 1 is 1.40 bits per heavy atom. The van der Waals surface area contributed by atoms with Crippen molar-refractivity contribution in [2.75, 3.05) is 5.32 Å². The number of carbonyl (C=O) groups excluding carboxylic acids is 3. The van der Waals surface area contributed by atoms with Gasteiger partial charge in [0.2, 0.25) is 0 Å². The van der Waals surface area contributed by atoms with Crippen molar-refractivity contribution in [2.45, 2.75) is 13.1 Å². The number of hydrogen-bond acceptors (Lipinski definition) is 7. The maximum atomic E-state index is 13.1. The van der Waals surface area contributed by atoms with Crippen LogP contribution in [-0.2, 0) is 25.4 Å². The molecule has 25 heavy (non-hydrogen) atoms. The standard InChI is InChI=1S/C12H5BrF3N3O6/c1-3(20)25-18-8-6-5(17-11(22)10(8)21)2-4(12(14,15)16)7(13)9(6)19(23)24/h2H,1H3,(H,17,22). The molecule has 0 spiro atoms. The van der Waals surface area contributed by atoms with E-state index in [4.69, 9.17) is 0 Å². The Balaban J connectivity index is 2.89.